The van der Waals surface area contributed by atoms with Crippen molar-refractivity contribution in [2.75, 3.05) is 20.3 Å². The van der Waals surface area contributed by atoms with Crippen LogP contribution in [0.15, 0.2) is 0 Å². The molecule has 0 radical (unpaired) electrons. The number of methoxy groups -OCH3 is 1. The Morgan fingerprint density at radius 2 is 2.06 bits per heavy atom. The largest absolute Gasteiger partial charge is 0.465 e. The summed E-state index contributed by atoms with van der Waals surface area (Å²) in [6, 6.07) is 0.236. The summed E-state index contributed by atoms with van der Waals surface area (Å²) in [5.41, 5.74) is 0. The quantitative estimate of drug-likeness (QED) is 0.616. The van der Waals surface area contributed by atoms with Crippen molar-refractivity contribution in [3.63, 3.8) is 0 Å². The van der Waals surface area contributed by atoms with Crippen molar-refractivity contribution in [3.05, 3.63) is 0 Å². The van der Waals surface area contributed by atoms with Gasteiger partial charge in [-0.05, 0) is 33.1 Å². The normalized spacial score (nSPS) is 16.2. The lowest BCUT2D eigenvalue weighted by atomic mass is 10.2. The first-order valence-electron chi connectivity index (χ1n) is 6.56. The minimum atomic E-state index is -0.322. The van der Waals surface area contributed by atoms with E-state index in [1.807, 2.05) is 6.92 Å². The number of ether oxygens (including phenoxy) is 2. The highest BCUT2D eigenvalue weighted by Gasteiger charge is 2.33. The van der Waals surface area contributed by atoms with Gasteiger partial charge in [-0.15, -0.1) is 0 Å². The first kappa shape index (κ1) is 15.0. The summed E-state index contributed by atoms with van der Waals surface area (Å²) in [6.45, 7) is 4.13. The average Bonchev–Trinajstić information content (AvgIpc) is 3.17. The Bertz CT molecular complexity index is 289. The molecule has 0 aromatic rings. The third kappa shape index (κ3) is 5.04. The van der Waals surface area contributed by atoms with Gasteiger partial charge in [0, 0.05) is 19.6 Å². The smallest absolute Gasteiger partial charge is 0.325 e. The van der Waals surface area contributed by atoms with E-state index in [0.717, 1.165) is 12.8 Å². The van der Waals surface area contributed by atoms with Crippen molar-refractivity contribution in [1.82, 2.24) is 4.90 Å². The third-order valence-electron chi connectivity index (χ3n) is 3.08. The van der Waals surface area contributed by atoms with Gasteiger partial charge in [0.2, 0.25) is 5.91 Å². The van der Waals surface area contributed by atoms with Crippen molar-refractivity contribution >= 4 is 11.9 Å². The van der Waals surface area contributed by atoms with Crippen molar-refractivity contribution in [2.24, 2.45) is 0 Å². The Kier molecular flexibility index (Phi) is 6.12. The summed E-state index contributed by atoms with van der Waals surface area (Å²) in [6.07, 6.45) is 3.15. The van der Waals surface area contributed by atoms with Crippen molar-refractivity contribution in [1.29, 1.82) is 0 Å². The van der Waals surface area contributed by atoms with Gasteiger partial charge in [-0.2, -0.15) is 0 Å². The molecule has 1 fully saturated rings. The molecule has 0 heterocycles. The van der Waals surface area contributed by atoms with E-state index in [4.69, 9.17) is 9.47 Å². The molecule has 1 saturated carbocycles. The summed E-state index contributed by atoms with van der Waals surface area (Å²) in [5, 5.41) is 0. The van der Waals surface area contributed by atoms with Gasteiger partial charge in [0.15, 0.2) is 0 Å². The zero-order valence-electron chi connectivity index (χ0n) is 11.5. The molecule has 0 aromatic carbocycles. The van der Waals surface area contributed by atoms with Crippen molar-refractivity contribution in [2.45, 2.75) is 51.7 Å². The Morgan fingerprint density at radius 1 is 1.39 bits per heavy atom. The van der Waals surface area contributed by atoms with Crippen LogP contribution >= 0.6 is 0 Å². The van der Waals surface area contributed by atoms with Crippen LogP contribution < -0.4 is 0 Å². The highest BCUT2D eigenvalue weighted by atomic mass is 16.5. The predicted octanol–water partition coefficient (Wildman–Crippen LogP) is 1.36. The van der Waals surface area contributed by atoms with Crippen LogP contribution in [-0.2, 0) is 19.1 Å². The van der Waals surface area contributed by atoms with Crippen LogP contribution in [-0.4, -0.2) is 49.2 Å². The molecule has 1 unspecified atom stereocenters. The van der Waals surface area contributed by atoms with Crippen LogP contribution in [0.5, 0.6) is 0 Å². The molecule has 0 aliphatic heterocycles. The summed E-state index contributed by atoms with van der Waals surface area (Å²) >= 11 is 0. The second kappa shape index (κ2) is 7.36. The Hall–Kier alpha value is -1.10. The van der Waals surface area contributed by atoms with E-state index in [-0.39, 0.29) is 30.6 Å². The number of esters is 1. The summed E-state index contributed by atoms with van der Waals surface area (Å²) in [5.74, 6) is -0.299. The van der Waals surface area contributed by atoms with Crippen molar-refractivity contribution < 1.29 is 19.1 Å². The molecule has 1 amide bonds. The van der Waals surface area contributed by atoms with Crippen LogP contribution in [0.25, 0.3) is 0 Å². The second-order valence-corrected chi connectivity index (χ2v) is 4.64. The zero-order chi connectivity index (χ0) is 13.5. The van der Waals surface area contributed by atoms with Gasteiger partial charge in [-0.3, -0.25) is 9.59 Å². The molecule has 0 aromatic heterocycles. The molecule has 5 nitrogen and oxygen atoms in total. The molecule has 18 heavy (non-hydrogen) atoms. The molecule has 0 N–H and O–H groups in total. The van der Waals surface area contributed by atoms with Crippen LogP contribution in [0.3, 0.4) is 0 Å². The zero-order valence-corrected chi connectivity index (χ0v) is 11.5. The van der Waals surface area contributed by atoms with Crippen LogP contribution in [0, 0.1) is 0 Å². The van der Waals surface area contributed by atoms with Gasteiger partial charge in [-0.25, -0.2) is 0 Å². The van der Waals surface area contributed by atoms with E-state index >= 15 is 0 Å². The highest BCUT2D eigenvalue weighted by molar-refractivity contribution is 5.82. The van der Waals surface area contributed by atoms with E-state index < -0.39 is 0 Å². The molecule has 1 atom stereocenters. The minimum absolute atomic E-state index is 0.0226. The third-order valence-corrected chi connectivity index (χ3v) is 3.08. The summed E-state index contributed by atoms with van der Waals surface area (Å²) in [4.78, 5) is 25.1. The molecule has 0 saturated heterocycles. The maximum Gasteiger partial charge on any atom is 0.325 e. The van der Waals surface area contributed by atoms with E-state index in [1.54, 1.807) is 18.9 Å². The number of rotatable bonds is 8. The second-order valence-electron chi connectivity index (χ2n) is 4.64. The fraction of sp³-hybridized carbons (Fsp3) is 0.846. The molecule has 1 rings (SSSR count). The molecule has 1 aliphatic rings. The topological polar surface area (TPSA) is 55.8 Å². The molecule has 0 spiro atoms. The summed E-state index contributed by atoms with van der Waals surface area (Å²) < 4.78 is 10.0. The SMILES string of the molecule is CCOC(=O)CN(C(=O)CCC(C)OC)C1CC1. The van der Waals surface area contributed by atoms with Gasteiger partial charge in [0.1, 0.15) is 6.54 Å². The van der Waals surface area contributed by atoms with Crippen molar-refractivity contribution in [3.8, 4) is 0 Å². The monoisotopic (exact) mass is 257 g/mol. The number of hydrogen-bond acceptors (Lipinski definition) is 4. The van der Waals surface area contributed by atoms with Crippen LogP contribution in [0.2, 0.25) is 0 Å². The lowest BCUT2D eigenvalue weighted by molar-refractivity contribution is -0.149. The molecule has 5 heteroatoms. The van der Waals surface area contributed by atoms with E-state index in [1.165, 1.54) is 0 Å². The standard InChI is InChI=1S/C13H23NO4/c1-4-18-13(16)9-14(11-6-7-11)12(15)8-5-10(2)17-3/h10-11H,4-9H2,1-3H3. The molecule has 0 bridgehead atoms. The Morgan fingerprint density at radius 3 is 2.56 bits per heavy atom. The summed E-state index contributed by atoms with van der Waals surface area (Å²) in [7, 11) is 1.63. The fourth-order valence-corrected chi connectivity index (χ4v) is 1.74. The first-order chi connectivity index (χ1) is 8.58. The molecule has 104 valence electrons. The number of hydrogen-bond donors (Lipinski definition) is 0. The van der Waals surface area contributed by atoms with Gasteiger partial charge in [0.05, 0.1) is 12.7 Å². The molecular formula is C13H23NO4. The minimum Gasteiger partial charge on any atom is -0.465 e. The number of carbonyl (C=O) groups is 2. The predicted molar refractivity (Wildman–Crippen MR) is 67.1 cm³/mol. The highest BCUT2D eigenvalue weighted by Crippen LogP contribution is 2.27. The number of carbonyl (C=O) groups excluding carboxylic acids is 2. The average molecular weight is 257 g/mol. The Labute approximate surface area is 108 Å². The number of amides is 1. The first-order valence-corrected chi connectivity index (χ1v) is 6.56. The lowest BCUT2D eigenvalue weighted by Gasteiger charge is -2.22. The number of nitrogens with zero attached hydrogens (tertiary/aromatic N) is 1. The fourth-order valence-electron chi connectivity index (χ4n) is 1.74. The van der Waals surface area contributed by atoms with Gasteiger partial charge >= 0.3 is 5.97 Å². The van der Waals surface area contributed by atoms with E-state index in [2.05, 4.69) is 0 Å². The Balaban J connectivity index is 2.40. The van der Waals surface area contributed by atoms with E-state index in [9.17, 15) is 9.59 Å². The van der Waals surface area contributed by atoms with Gasteiger partial charge < -0.3 is 14.4 Å². The van der Waals surface area contributed by atoms with E-state index in [0.29, 0.717) is 19.4 Å². The molecular weight excluding hydrogens is 234 g/mol. The lowest BCUT2D eigenvalue weighted by Crippen LogP contribution is -2.38. The van der Waals surface area contributed by atoms with Crippen LogP contribution in [0.1, 0.15) is 39.5 Å². The van der Waals surface area contributed by atoms with Crippen LogP contribution in [0.4, 0.5) is 0 Å². The van der Waals surface area contributed by atoms with Gasteiger partial charge in [0.25, 0.3) is 0 Å². The van der Waals surface area contributed by atoms with Gasteiger partial charge in [-0.1, -0.05) is 0 Å². The maximum absolute atomic E-state index is 12.0. The maximum atomic E-state index is 12.0. The molecule has 1 aliphatic carbocycles.